The summed E-state index contributed by atoms with van der Waals surface area (Å²) in [6.07, 6.45) is 4.28. The van der Waals surface area contributed by atoms with E-state index in [1.165, 1.54) is 0 Å². The lowest BCUT2D eigenvalue weighted by Crippen LogP contribution is -2.46. The Labute approximate surface area is 281 Å². The minimum atomic E-state index is -0.887. The van der Waals surface area contributed by atoms with Crippen molar-refractivity contribution in [3.05, 3.63) is 100 Å². The highest BCUT2D eigenvalue weighted by Gasteiger charge is 2.37. The number of likely N-dealkylation sites (tertiary alicyclic amines) is 1. The van der Waals surface area contributed by atoms with Crippen molar-refractivity contribution >= 4 is 29.2 Å². The molecule has 47 heavy (non-hydrogen) atoms. The minimum Gasteiger partial charge on any atom is -0.481 e. The number of halogens is 1. The SMILES string of the molecule is O=C(O)CCCCCCC(=O)Nc1cccc([C@H]2O[C@@H](CN3CCC(O)(c4ccc(Cl)cc4)CC3)C[C@@H](c3ccc(CO)cc3)O2)c1. The van der Waals surface area contributed by atoms with Gasteiger partial charge in [-0.2, -0.15) is 0 Å². The van der Waals surface area contributed by atoms with E-state index in [-0.39, 0.29) is 31.1 Å². The van der Waals surface area contributed by atoms with Gasteiger partial charge in [-0.1, -0.05) is 73.0 Å². The van der Waals surface area contributed by atoms with Crippen LogP contribution >= 0.6 is 11.6 Å². The Morgan fingerprint density at radius 1 is 0.894 bits per heavy atom. The summed E-state index contributed by atoms with van der Waals surface area (Å²) in [4.78, 5) is 25.7. The van der Waals surface area contributed by atoms with E-state index in [1.807, 2.05) is 72.8 Å². The molecule has 2 saturated heterocycles. The van der Waals surface area contributed by atoms with Gasteiger partial charge in [-0.05, 0) is 66.6 Å². The molecule has 2 heterocycles. The van der Waals surface area contributed by atoms with Crippen LogP contribution in [0, 0.1) is 0 Å². The van der Waals surface area contributed by atoms with E-state index in [4.69, 9.17) is 26.2 Å². The number of unbranched alkanes of at least 4 members (excludes halogenated alkanes) is 3. The Morgan fingerprint density at radius 2 is 1.60 bits per heavy atom. The van der Waals surface area contributed by atoms with Crippen molar-refractivity contribution in [2.75, 3.05) is 25.0 Å². The summed E-state index contributed by atoms with van der Waals surface area (Å²) in [5.74, 6) is -0.880. The van der Waals surface area contributed by atoms with Crippen LogP contribution in [0.4, 0.5) is 5.69 Å². The molecule has 0 spiro atoms. The average molecular weight is 665 g/mol. The molecule has 0 unspecified atom stereocenters. The van der Waals surface area contributed by atoms with E-state index in [9.17, 15) is 19.8 Å². The van der Waals surface area contributed by atoms with Crippen LogP contribution in [0.3, 0.4) is 0 Å². The first-order valence-corrected chi connectivity index (χ1v) is 16.9. The summed E-state index contributed by atoms with van der Waals surface area (Å²) in [5, 5.41) is 33.3. The number of ether oxygens (including phenoxy) is 2. The molecule has 0 radical (unpaired) electrons. The van der Waals surface area contributed by atoms with Crippen molar-refractivity contribution in [3.8, 4) is 0 Å². The first-order chi connectivity index (χ1) is 22.7. The Kier molecular flexibility index (Phi) is 12.4. The molecule has 0 aliphatic carbocycles. The van der Waals surface area contributed by atoms with Crippen molar-refractivity contribution in [1.29, 1.82) is 0 Å². The van der Waals surface area contributed by atoms with Crippen LogP contribution in [0.1, 0.15) is 92.4 Å². The summed E-state index contributed by atoms with van der Waals surface area (Å²) in [7, 11) is 0. The second kappa shape index (κ2) is 16.7. The number of hydrogen-bond donors (Lipinski definition) is 4. The average Bonchev–Trinajstić information content (AvgIpc) is 3.07. The highest BCUT2D eigenvalue weighted by atomic mass is 35.5. The Bertz CT molecular complexity index is 1460. The predicted molar refractivity (Wildman–Crippen MR) is 180 cm³/mol. The summed E-state index contributed by atoms with van der Waals surface area (Å²) in [6, 6.07) is 22.8. The lowest BCUT2D eigenvalue weighted by molar-refractivity contribution is -0.253. The van der Waals surface area contributed by atoms with Crippen LogP contribution in [0.25, 0.3) is 0 Å². The number of nitrogens with zero attached hydrogens (tertiary/aromatic N) is 1. The number of rotatable bonds is 14. The molecule has 2 aliphatic rings. The second-order valence-corrected chi connectivity index (χ2v) is 13.1. The monoisotopic (exact) mass is 664 g/mol. The van der Waals surface area contributed by atoms with Gasteiger partial charge in [0.05, 0.1) is 24.4 Å². The van der Waals surface area contributed by atoms with Gasteiger partial charge in [0.15, 0.2) is 6.29 Å². The number of carboxylic acids is 1. The molecule has 1 amide bonds. The fourth-order valence-corrected chi connectivity index (χ4v) is 6.50. The van der Waals surface area contributed by atoms with Gasteiger partial charge in [-0.25, -0.2) is 0 Å². The molecule has 3 aromatic carbocycles. The molecule has 0 saturated carbocycles. The van der Waals surface area contributed by atoms with E-state index in [0.717, 1.165) is 48.2 Å². The maximum absolute atomic E-state index is 12.6. The fourth-order valence-electron chi connectivity index (χ4n) is 6.38. The number of carbonyl (C=O) groups excluding carboxylic acids is 1. The van der Waals surface area contributed by atoms with Crippen LogP contribution in [-0.4, -0.2) is 57.8 Å². The van der Waals surface area contributed by atoms with E-state index >= 15 is 0 Å². The lowest BCUT2D eigenvalue weighted by atomic mass is 9.84. The van der Waals surface area contributed by atoms with Gasteiger partial charge in [0.1, 0.15) is 0 Å². The molecule has 0 bridgehead atoms. The highest BCUT2D eigenvalue weighted by molar-refractivity contribution is 6.30. The van der Waals surface area contributed by atoms with Gasteiger partial charge in [0.2, 0.25) is 5.91 Å². The molecule has 3 aromatic rings. The van der Waals surface area contributed by atoms with E-state index in [1.54, 1.807) is 0 Å². The third-order valence-corrected chi connectivity index (χ3v) is 9.38. The van der Waals surface area contributed by atoms with E-state index in [0.29, 0.717) is 55.8 Å². The van der Waals surface area contributed by atoms with Gasteiger partial charge in [0.25, 0.3) is 0 Å². The number of nitrogens with one attached hydrogen (secondary N) is 1. The largest absolute Gasteiger partial charge is 0.481 e. The van der Waals surface area contributed by atoms with Gasteiger partial charge < -0.3 is 35.0 Å². The molecular formula is C37H45ClN2O7. The van der Waals surface area contributed by atoms with Crippen molar-refractivity contribution in [2.24, 2.45) is 0 Å². The Morgan fingerprint density at radius 3 is 2.28 bits per heavy atom. The number of carboxylic acid groups (broad SMARTS) is 1. The highest BCUT2D eigenvalue weighted by Crippen LogP contribution is 2.40. The van der Waals surface area contributed by atoms with Crippen LogP contribution in [0.2, 0.25) is 5.02 Å². The van der Waals surface area contributed by atoms with Gasteiger partial charge >= 0.3 is 5.97 Å². The lowest BCUT2D eigenvalue weighted by Gasteiger charge is -2.42. The third-order valence-electron chi connectivity index (χ3n) is 9.13. The third kappa shape index (κ3) is 10.1. The van der Waals surface area contributed by atoms with Crippen LogP contribution in [0.15, 0.2) is 72.8 Å². The number of aliphatic hydroxyl groups is 2. The van der Waals surface area contributed by atoms with Crippen LogP contribution in [0.5, 0.6) is 0 Å². The number of anilines is 1. The molecule has 5 rings (SSSR count). The van der Waals surface area contributed by atoms with Gasteiger partial charge in [-0.15, -0.1) is 0 Å². The van der Waals surface area contributed by atoms with Crippen molar-refractivity contribution in [1.82, 2.24) is 4.90 Å². The quantitative estimate of drug-likeness (QED) is 0.140. The summed E-state index contributed by atoms with van der Waals surface area (Å²) in [6.45, 7) is 2.11. The maximum Gasteiger partial charge on any atom is 0.303 e. The van der Waals surface area contributed by atoms with Crippen LogP contribution in [-0.2, 0) is 31.3 Å². The smallest absolute Gasteiger partial charge is 0.303 e. The van der Waals surface area contributed by atoms with Crippen molar-refractivity contribution in [3.63, 3.8) is 0 Å². The molecule has 0 aromatic heterocycles. The van der Waals surface area contributed by atoms with Gasteiger partial charge in [0, 0.05) is 55.2 Å². The number of aliphatic hydroxyl groups excluding tert-OH is 1. The fraction of sp³-hybridized carbons (Fsp3) is 0.459. The molecule has 10 heteroatoms. The Hall–Kier alpha value is -3.31. The first kappa shape index (κ1) is 35.0. The Balaban J connectivity index is 1.22. The number of piperidine rings is 1. The van der Waals surface area contributed by atoms with Crippen LogP contribution < -0.4 is 5.32 Å². The summed E-state index contributed by atoms with van der Waals surface area (Å²) >= 11 is 6.07. The molecule has 252 valence electrons. The molecule has 2 fully saturated rings. The predicted octanol–water partition coefficient (Wildman–Crippen LogP) is 6.73. The molecule has 4 N–H and O–H groups in total. The second-order valence-electron chi connectivity index (χ2n) is 12.7. The number of carbonyl (C=O) groups is 2. The molecule has 9 nitrogen and oxygen atoms in total. The zero-order valence-corrected chi connectivity index (χ0v) is 27.4. The zero-order valence-electron chi connectivity index (χ0n) is 26.7. The summed E-state index contributed by atoms with van der Waals surface area (Å²) < 4.78 is 13.1. The first-order valence-electron chi connectivity index (χ1n) is 16.5. The summed E-state index contributed by atoms with van der Waals surface area (Å²) in [5.41, 5.74) is 3.30. The minimum absolute atomic E-state index is 0.0271. The molecule has 3 atom stereocenters. The van der Waals surface area contributed by atoms with E-state index in [2.05, 4.69) is 10.2 Å². The van der Waals surface area contributed by atoms with Crippen molar-refractivity contribution in [2.45, 2.75) is 88.5 Å². The zero-order chi connectivity index (χ0) is 33.2. The normalized spacial score (nSPS) is 21.3. The maximum atomic E-state index is 12.6. The van der Waals surface area contributed by atoms with Crippen molar-refractivity contribution < 1.29 is 34.4 Å². The standard InChI is InChI=1S/C37H45ClN2O7/c38-30-16-14-29(15-17-30)37(45)18-20-40(21-19-37)24-32-23-33(27-12-10-26(25-41)11-13-27)47-36(46-32)28-6-5-7-31(22-28)39-34(42)8-3-1-2-4-9-35(43)44/h5-7,10-17,22,32-33,36,41,45H,1-4,8-9,18-21,23-25H2,(H,39,42)(H,43,44)/t32-,33+,36+/m1/s1. The number of benzene rings is 3. The topological polar surface area (TPSA) is 129 Å². The van der Waals surface area contributed by atoms with Gasteiger partial charge in [-0.3, -0.25) is 9.59 Å². The number of aliphatic carboxylic acids is 1. The van der Waals surface area contributed by atoms with E-state index < -0.39 is 17.9 Å². The molecule has 2 aliphatic heterocycles. The number of hydrogen-bond acceptors (Lipinski definition) is 7. The number of amides is 1. The molecular weight excluding hydrogens is 620 g/mol.